The van der Waals surface area contributed by atoms with E-state index in [-0.39, 0.29) is 5.92 Å². The zero-order valence-electron chi connectivity index (χ0n) is 11.8. The molecule has 2 aromatic rings. The van der Waals surface area contributed by atoms with Crippen LogP contribution in [0.2, 0.25) is 10.0 Å². The molecule has 1 aromatic heterocycles. The number of benzene rings is 1. The number of aromatic nitrogens is 2. The van der Waals surface area contributed by atoms with Crippen molar-refractivity contribution in [2.45, 2.75) is 19.8 Å². The molecule has 0 radical (unpaired) electrons. The van der Waals surface area contributed by atoms with E-state index in [2.05, 4.69) is 36.5 Å². The largest absolute Gasteiger partial charge is 0.373 e. The number of hydrogen-bond acceptors (Lipinski definition) is 4. The maximum atomic E-state index is 6.24. The highest BCUT2D eigenvalue weighted by atomic mass is 79.9. The Morgan fingerprint density at radius 3 is 2.38 bits per heavy atom. The Morgan fingerprint density at radius 1 is 1.10 bits per heavy atom. The van der Waals surface area contributed by atoms with E-state index in [4.69, 9.17) is 23.2 Å². The highest BCUT2D eigenvalue weighted by molar-refractivity contribution is 9.10. The van der Waals surface area contributed by atoms with Crippen LogP contribution in [0.25, 0.3) is 0 Å². The third-order valence-corrected chi connectivity index (χ3v) is 4.58. The molecule has 0 unspecified atom stereocenters. The van der Waals surface area contributed by atoms with Gasteiger partial charge in [0.2, 0.25) is 0 Å². The van der Waals surface area contributed by atoms with Crippen LogP contribution in [-0.4, -0.2) is 17.0 Å². The summed E-state index contributed by atoms with van der Waals surface area (Å²) in [4.78, 5) is 8.91. The van der Waals surface area contributed by atoms with Crippen molar-refractivity contribution < 1.29 is 0 Å². The Morgan fingerprint density at radius 2 is 1.76 bits per heavy atom. The summed E-state index contributed by atoms with van der Waals surface area (Å²) < 4.78 is 0.751. The topological polar surface area (TPSA) is 49.8 Å². The number of nitrogens with zero attached hydrogens (tertiary/aromatic N) is 2. The predicted octanol–water partition coefficient (Wildman–Crippen LogP) is 5.45. The fourth-order valence-corrected chi connectivity index (χ4v) is 2.50. The Bertz CT molecular complexity index is 662. The lowest BCUT2D eigenvalue weighted by Gasteiger charge is -2.13. The Kier molecular flexibility index (Phi) is 5.30. The zero-order chi connectivity index (χ0) is 15.6. The van der Waals surface area contributed by atoms with Crippen LogP contribution in [0.3, 0.4) is 0 Å². The minimum atomic E-state index is 0.225. The maximum absolute atomic E-state index is 6.24. The van der Waals surface area contributed by atoms with Gasteiger partial charge in [0.25, 0.3) is 0 Å². The molecule has 7 heteroatoms. The van der Waals surface area contributed by atoms with E-state index in [1.165, 1.54) is 0 Å². The highest BCUT2D eigenvalue weighted by Gasteiger charge is 2.11. The van der Waals surface area contributed by atoms with Gasteiger partial charge in [0, 0.05) is 23.5 Å². The molecule has 112 valence electrons. The lowest BCUT2D eigenvalue weighted by Crippen LogP contribution is -2.05. The Hall–Kier alpha value is -1.04. The first kappa shape index (κ1) is 16.3. The van der Waals surface area contributed by atoms with Gasteiger partial charge in [-0.1, -0.05) is 37.0 Å². The average Bonchev–Trinajstić information content (AvgIpc) is 2.47. The lowest BCUT2D eigenvalue weighted by molar-refractivity contribution is 0.778. The SMILES string of the molecule is CNc1cc(Nc2ccc(Br)c(Cl)c2Cl)nc(C(C)C)n1. The minimum absolute atomic E-state index is 0.225. The van der Waals surface area contributed by atoms with Gasteiger partial charge in [-0.15, -0.1) is 0 Å². The first-order chi connectivity index (χ1) is 9.92. The fraction of sp³-hybridized carbons (Fsp3) is 0.286. The van der Waals surface area contributed by atoms with Crippen LogP contribution in [0.4, 0.5) is 17.3 Å². The number of halogens is 3. The van der Waals surface area contributed by atoms with Crippen LogP contribution >= 0.6 is 39.1 Å². The van der Waals surface area contributed by atoms with Gasteiger partial charge in [-0.05, 0) is 28.1 Å². The van der Waals surface area contributed by atoms with Gasteiger partial charge in [0.05, 0.1) is 15.7 Å². The monoisotopic (exact) mass is 388 g/mol. The highest BCUT2D eigenvalue weighted by Crippen LogP contribution is 2.37. The number of rotatable bonds is 4. The molecule has 1 aromatic carbocycles. The zero-order valence-corrected chi connectivity index (χ0v) is 14.9. The van der Waals surface area contributed by atoms with E-state index in [1.54, 1.807) is 0 Å². The molecule has 0 fully saturated rings. The second-order valence-corrected chi connectivity index (χ2v) is 6.36. The molecule has 1 heterocycles. The molecular weight excluding hydrogens is 375 g/mol. The molecule has 4 nitrogen and oxygen atoms in total. The molecule has 0 amide bonds. The molecule has 2 N–H and O–H groups in total. The first-order valence-electron chi connectivity index (χ1n) is 6.39. The Labute approximate surface area is 142 Å². The van der Waals surface area contributed by atoms with Gasteiger partial charge >= 0.3 is 0 Å². The van der Waals surface area contributed by atoms with Gasteiger partial charge in [-0.25, -0.2) is 9.97 Å². The van der Waals surface area contributed by atoms with E-state index in [1.807, 2.05) is 39.1 Å². The van der Waals surface area contributed by atoms with Gasteiger partial charge in [-0.3, -0.25) is 0 Å². The van der Waals surface area contributed by atoms with Gasteiger partial charge in [0.1, 0.15) is 17.5 Å². The molecule has 0 bridgehead atoms. The molecule has 0 saturated carbocycles. The minimum Gasteiger partial charge on any atom is -0.373 e. The van der Waals surface area contributed by atoms with E-state index in [0.717, 1.165) is 16.1 Å². The maximum Gasteiger partial charge on any atom is 0.136 e. The lowest BCUT2D eigenvalue weighted by atomic mass is 10.2. The summed E-state index contributed by atoms with van der Waals surface area (Å²) in [7, 11) is 1.82. The van der Waals surface area contributed by atoms with Crippen LogP contribution in [0.1, 0.15) is 25.6 Å². The van der Waals surface area contributed by atoms with Crippen LogP contribution in [-0.2, 0) is 0 Å². The summed E-state index contributed by atoms with van der Waals surface area (Å²) in [6.07, 6.45) is 0. The molecular formula is C14H15BrCl2N4. The van der Waals surface area contributed by atoms with Crippen LogP contribution in [0.15, 0.2) is 22.7 Å². The van der Waals surface area contributed by atoms with Gasteiger partial charge < -0.3 is 10.6 Å². The third kappa shape index (κ3) is 3.78. The van der Waals surface area contributed by atoms with Crippen molar-refractivity contribution in [1.29, 1.82) is 0 Å². The van der Waals surface area contributed by atoms with Crippen molar-refractivity contribution in [3.63, 3.8) is 0 Å². The number of nitrogens with one attached hydrogen (secondary N) is 2. The summed E-state index contributed by atoms with van der Waals surface area (Å²) in [5.74, 6) is 2.39. The smallest absolute Gasteiger partial charge is 0.136 e. The normalized spacial score (nSPS) is 10.8. The van der Waals surface area contributed by atoms with Crippen molar-refractivity contribution >= 4 is 56.5 Å². The standard InChI is InChI=1S/C14H15BrCl2N4/c1-7(2)14-20-10(18-3)6-11(21-14)19-9-5-4-8(15)12(16)13(9)17/h4-7H,1-3H3,(H2,18,19,20,21). The first-order valence-corrected chi connectivity index (χ1v) is 7.94. The van der Waals surface area contributed by atoms with Crippen LogP contribution in [0.5, 0.6) is 0 Å². The average molecular weight is 390 g/mol. The van der Waals surface area contributed by atoms with E-state index in [0.29, 0.717) is 21.6 Å². The van der Waals surface area contributed by atoms with Crippen molar-refractivity contribution in [1.82, 2.24) is 9.97 Å². The molecule has 0 aliphatic carbocycles. The quantitative estimate of drug-likeness (QED) is 0.682. The van der Waals surface area contributed by atoms with E-state index in [9.17, 15) is 0 Å². The summed E-state index contributed by atoms with van der Waals surface area (Å²) >= 11 is 15.7. The van der Waals surface area contributed by atoms with Crippen molar-refractivity contribution in [3.05, 3.63) is 38.5 Å². The van der Waals surface area contributed by atoms with E-state index < -0.39 is 0 Å². The molecule has 0 aliphatic heterocycles. The fourth-order valence-electron chi connectivity index (χ4n) is 1.68. The summed E-state index contributed by atoms with van der Waals surface area (Å²) in [6.45, 7) is 4.09. The predicted molar refractivity (Wildman–Crippen MR) is 93.1 cm³/mol. The van der Waals surface area contributed by atoms with Gasteiger partial charge in [0.15, 0.2) is 0 Å². The Balaban J connectivity index is 2.39. The number of anilines is 3. The second-order valence-electron chi connectivity index (χ2n) is 4.75. The van der Waals surface area contributed by atoms with Crippen molar-refractivity contribution in [3.8, 4) is 0 Å². The van der Waals surface area contributed by atoms with Gasteiger partial charge in [-0.2, -0.15) is 0 Å². The van der Waals surface area contributed by atoms with E-state index >= 15 is 0 Å². The molecule has 0 atom stereocenters. The molecule has 21 heavy (non-hydrogen) atoms. The summed E-state index contributed by atoms with van der Waals surface area (Å²) in [5.41, 5.74) is 0.695. The molecule has 0 saturated heterocycles. The molecule has 2 rings (SSSR count). The number of hydrogen-bond donors (Lipinski definition) is 2. The summed E-state index contributed by atoms with van der Waals surface area (Å²) in [5, 5.41) is 7.12. The van der Waals surface area contributed by atoms with Crippen LogP contribution in [0, 0.1) is 0 Å². The molecule has 0 spiro atoms. The van der Waals surface area contributed by atoms with Crippen LogP contribution < -0.4 is 10.6 Å². The van der Waals surface area contributed by atoms with Crippen molar-refractivity contribution in [2.24, 2.45) is 0 Å². The summed E-state index contributed by atoms with van der Waals surface area (Å²) in [6, 6.07) is 5.49. The second kappa shape index (κ2) is 6.81. The third-order valence-electron chi connectivity index (χ3n) is 2.81. The van der Waals surface area contributed by atoms with Crippen molar-refractivity contribution in [2.75, 3.05) is 17.7 Å². The molecule has 0 aliphatic rings.